The van der Waals surface area contributed by atoms with E-state index in [1.807, 2.05) is 50.2 Å². The van der Waals surface area contributed by atoms with Gasteiger partial charge in [-0.1, -0.05) is 68.8 Å². The molecular formula is C19H23ClNO4P. The van der Waals surface area contributed by atoms with Crippen LogP contribution in [-0.2, 0) is 20.7 Å². The number of para-hydroxylation sites is 1. The van der Waals surface area contributed by atoms with Crippen LogP contribution in [0.15, 0.2) is 60.7 Å². The molecule has 0 saturated heterocycles. The van der Waals surface area contributed by atoms with Crippen LogP contribution in [0.1, 0.15) is 25.8 Å². The molecule has 0 saturated carbocycles. The molecule has 26 heavy (non-hydrogen) atoms. The molecule has 140 valence electrons. The van der Waals surface area contributed by atoms with Crippen LogP contribution in [0, 0.1) is 5.92 Å². The first kappa shape index (κ1) is 20.5. The molecule has 0 aliphatic rings. The minimum atomic E-state index is -3.77. The second-order valence-corrected chi connectivity index (χ2v) is 8.70. The third kappa shape index (κ3) is 6.49. The molecule has 3 atom stereocenters. The Balaban J connectivity index is 2.03. The highest BCUT2D eigenvalue weighted by Gasteiger charge is 2.34. The third-order valence-corrected chi connectivity index (χ3v) is 5.48. The van der Waals surface area contributed by atoms with Gasteiger partial charge in [-0.25, -0.2) is 9.65 Å². The summed E-state index contributed by atoms with van der Waals surface area (Å²) in [5.74, 6) is -0.288. The van der Waals surface area contributed by atoms with Crippen molar-refractivity contribution in [2.75, 3.05) is 0 Å². The Kier molecular flexibility index (Phi) is 7.70. The summed E-state index contributed by atoms with van der Waals surface area (Å²) in [4.78, 5) is 12.5. The van der Waals surface area contributed by atoms with E-state index in [2.05, 4.69) is 5.09 Å². The third-order valence-electron chi connectivity index (χ3n) is 3.95. The number of esters is 1. The fourth-order valence-electron chi connectivity index (χ4n) is 2.28. The number of hydrogen-bond donors (Lipinski definition) is 1. The summed E-state index contributed by atoms with van der Waals surface area (Å²) in [5.41, 5.74) is 0.873. The van der Waals surface area contributed by atoms with Crippen molar-refractivity contribution < 1.29 is 18.6 Å². The highest BCUT2D eigenvalue weighted by molar-refractivity contribution is 7.84. The summed E-state index contributed by atoms with van der Waals surface area (Å²) in [5, 5.41) is 2.65. The molecule has 0 aromatic heterocycles. The van der Waals surface area contributed by atoms with Gasteiger partial charge in [-0.05, 0) is 23.6 Å². The summed E-state index contributed by atoms with van der Waals surface area (Å²) < 4.78 is 23.3. The van der Waals surface area contributed by atoms with Gasteiger partial charge in [0.2, 0.25) is 0 Å². The van der Waals surface area contributed by atoms with Gasteiger partial charge >= 0.3 is 12.8 Å². The normalized spacial score (nSPS) is 15.5. The van der Waals surface area contributed by atoms with Crippen molar-refractivity contribution in [2.45, 2.75) is 32.9 Å². The predicted molar refractivity (Wildman–Crippen MR) is 103 cm³/mol. The summed E-state index contributed by atoms with van der Waals surface area (Å²) in [6, 6.07) is 17.1. The molecule has 1 unspecified atom stereocenters. The number of nitrogens with one attached hydrogen (secondary N) is 1. The van der Waals surface area contributed by atoms with Crippen LogP contribution in [0.4, 0.5) is 0 Å². The largest absolute Gasteiger partial charge is 0.460 e. The first-order chi connectivity index (χ1) is 12.4. The van der Waals surface area contributed by atoms with Crippen molar-refractivity contribution in [1.29, 1.82) is 0 Å². The lowest BCUT2D eigenvalue weighted by atomic mass is 10.0. The Bertz CT molecular complexity index is 742. The molecular weight excluding hydrogens is 373 g/mol. The standard InChI is InChI=1S/C19H23ClNO4P/c1-3-15(2)18(19(22)24-14-16-10-6-4-7-11-16)21-26(20,23)25-17-12-8-5-9-13-17/h4-13,15,18H,3,14H2,1-2H3,(H,21,23)/t15-,18-,26?/m0/s1. The summed E-state index contributed by atoms with van der Waals surface area (Å²) in [6.07, 6.45) is 0.681. The lowest BCUT2D eigenvalue weighted by Gasteiger charge is -2.25. The zero-order valence-corrected chi connectivity index (χ0v) is 16.5. The van der Waals surface area contributed by atoms with E-state index in [0.29, 0.717) is 12.2 Å². The molecule has 2 rings (SSSR count). The second kappa shape index (κ2) is 9.77. The quantitative estimate of drug-likeness (QED) is 0.469. The van der Waals surface area contributed by atoms with Gasteiger partial charge in [0, 0.05) is 11.2 Å². The SMILES string of the molecule is CC[C@H](C)[C@H](NP(=O)(Cl)Oc1ccccc1)C(=O)OCc1ccccc1. The Labute approximate surface area is 159 Å². The highest BCUT2D eigenvalue weighted by Crippen LogP contribution is 2.49. The van der Waals surface area contributed by atoms with Crippen molar-refractivity contribution >= 4 is 24.1 Å². The number of carbonyl (C=O) groups is 1. The number of benzene rings is 2. The van der Waals surface area contributed by atoms with Crippen molar-refractivity contribution in [1.82, 2.24) is 5.09 Å². The molecule has 0 spiro atoms. The van der Waals surface area contributed by atoms with Gasteiger partial charge in [-0.3, -0.25) is 4.79 Å². The van der Waals surface area contributed by atoms with Crippen LogP contribution in [0.25, 0.3) is 0 Å². The molecule has 5 nitrogen and oxygen atoms in total. The van der Waals surface area contributed by atoms with Crippen LogP contribution in [-0.4, -0.2) is 12.0 Å². The van der Waals surface area contributed by atoms with Crippen LogP contribution in [0.2, 0.25) is 0 Å². The lowest BCUT2D eigenvalue weighted by molar-refractivity contribution is -0.148. The number of carbonyl (C=O) groups excluding carboxylic acids is 1. The average molecular weight is 396 g/mol. The first-order valence-corrected chi connectivity index (χ1v) is 11.0. The lowest BCUT2D eigenvalue weighted by Crippen LogP contribution is -2.41. The van der Waals surface area contributed by atoms with Crippen molar-refractivity contribution in [2.24, 2.45) is 5.92 Å². The van der Waals surface area contributed by atoms with Gasteiger partial charge in [0.25, 0.3) is 0 Å². The minimum absolute atomic E-state index is 0.135. The summed E-state index contributed by atoms with van der Waals surface area (Å²) >= 11 is 6.04. The van der Waals surface area contributed by atoms with Gasteiger partial charge in [-0.15, -0.1) is 0 Å². The van der Waals surface area contributed by atoms with Crippen molar-refractivity contribution in [3.8, 4) is 5.75 Å². The van der Waals surface area contributed by atoms with Gasteiger partial charge in [0.15, 0.2) is 0 Å². The smallest absolute Gasteiger partial charge is 0.409 e. The Morgan fingerprint density at radius 3 is 2.27 bits per heavy atom. The molecule has 0 amide bonds. The molecule has 0 aliphatic heterocycles. The topological polar surface area (TPSA) is 64.6 Å². The average Bonchev–Trinajstić information content (AvgIpc) is 2.65. The van der Waals surface area contributed by atoms with E-state index in [1.54, 1.807) is 24.3 Å². The van der Waals surface area contributed by atoms with E-state index in [-0.39, 0.29) is 12.5 Å². The van der Waals surface area contributed by atoms with Gasteiger partial charge < -0.3 is 9.26 Å². The molecule has 0 bridgehead atoms. The van der Waals surface area contributed by atoms with Gasteiger partial charge in [0.05, 0.1) is 0 Å². The fraction of sp³-hybridized carbons (Fsp3) is 0.316. The molecule has 0 heterocycles. The molecule has 0 radical (unpaired) electrons. The maximum atomic E-state index is 12.6. The zero-order valence-electron chi connectivity index (χ0n) is 14.8. The Morgan fingerprint density at radius 1 is 1.12 bits per heavy atom. The van der Waals surface area contributed by atoms with E-state index in [0.717, 1.165) is 5.56 Å². The zero-order chi connectivity index (χ0) is 19.0. The Morgan fingerprint density at radius 2 is 1.69 bits per heavy atom. The predicted octanol–water partition coefficient (Wildman–Crippen LogP) is 5.16. The van der Waals surface area contributed by atoms with E-state index in [9.17, 15) is 9.36 Å². The molecule has 7 heteroatoms. The number of ether oxygens (including phenoxy) is 1. The number of rotatable bonds is 9. The maximum absolute atomic E-state index is 12.6. The minimum Gasteiger partial charge on any atom is -0.460 e. The molecule has 0 fully saturated rings. The van der Waals surface area contributed by atoms with E-state index in [4.69, 9.17) is 20.5 Å². The molecule has 2 aromatic rings. The van der Waals surface area contributed by atoms with Crippen LogP contribution in [0.3, 0.4) is 0 Å². The molecule has 2 aromatic carbocycles. The van der Waals surface area contributed by atoms with Crippen LogP contribution >= 0.6 is 18.1 Å². The van der Waals surface area contributed by atoms with E-state index < -0.39 is 18.9 Å². The summed E-state index contributed by atoms with van der Waals surface area (Å²) in [6.45, 7) is 0.167. The molecule has 1 N–H and O–H groups in total. The van der Waals surface area contributed by atoms with Crippen LogP contribution in [0.5, 0.6) is 5.75 Å². The maximum Gasteiger partial charge on any atom is 0.409 e. The number of halogens is 1. The second-order valence-electron chi connectivity index (χ2n) is 5.97. The van der Waals surface area contributed by atoms with Crippen molar-refractivity contribution in [3.05, 3.63) is 66.2 Å². The summed E-state index contributed by atoms with van der Waals surface area (Å²) in [7, 11) is 0. The fourth-order valence-corrected chi connectivity index (χ4v) is 3.97. The monoisotopic (exact) mass is 395 g/mol. The first-order valence-electron chi connectivity index (χ1n) is 8.44. The van der Waals surface area contributed by atoms with Crippen LogP contribution < -0.4 is 9.61 Å². The Hall–Kier alpha value is -1.81. The number of hydrogen-bond acceptors (Lipinski definition) is 4. The van der Waals surface area contributed by atoms with Crippen molar-refractivity contribution in [3.63, 3.8) is 0 Å². The van der Waals surface area contributed by atoms with Gasteiger partial charge in [0.1, 0.15) is 18.4 Å². The van der Waals surface area contributed by atoms with E-state index >= 15 is 0 Å². The van der Waals surface area contributed by atoms with E-state index in [1.165, 1.54) is 0 Å². The molecule has 0 aliphatic carbocycles. The highest BCUT2D eigenvalue weighted by atomic mass is 35.7. The van der Waals surface area contributed by atoms with Gasteiger partial charge in [-0.2, -0.15) is 0 Å².